The fraction of sp³-hybridized carbons (Fsp3) is 0.571. The highest BCUT2D eigenvalue weighted by Gasteiger charge is 2.54. The maximum atomic E-state index is 13.2. The number of nitrogens with zero attached hydrogens (tertiary/aromatic N) is 1. The molecule has 2 fully saturated rings. The Morgan fingerprint density at radius 1 is 1.11 bits per heavy atom. The van der Waals surface area contributed by atoms with Gasteiger partial charge in [-0.25, -0.2) is 4.79 Å². The number of carbonyl (C=O) groups is 3. The van der Waals surface area contributed by atoms with Gasteiger partial charge in [-0.15, -0.1) is 0 Å². The van der Waals surface area contributed by atoms with Crippen LogP contribution in [0.4, 0.5) is 4.79 Å². The second-order valence-corrected chi connectivity index (χ2v) is 7.99. The molecule has 4 rings (SSSR count). The largest absolute Gasteiger partial charge is 0.352 e. The minimum absolute atomic E-state index is 0.158. The smallest absolute Gasteiger partial charge is 0.325 e. The van der Waals surface area contributed by atoms with Gasteiger partial charge in [0, 0.05) is 6.04 Å². The first-order valence-electron chi connectivity index (χ1n) is 10.1. The zero-order valence-electron chi connectivity index (χ0n) is 15.6. The molecule has 0 unspecified atom stereocenters. The molecule has 1 aromatic carbocycles. The summed E-state index contributed by atoms with van der Waals surface area (Å²) in [6.45, 7) is -0.203. The van der Waals surface area contributed by atoms with Gasteiger partial charge in [-0.3, -0.25) is 14.5 Å². The highest BCUT2D eigenvalue weighted by Crippen LogP contribution is 2.39. The van der Waals surface area contributed by atoms with Gasteiger partial charge in [0.2, 0.25) is 5.91 Å². The Kier molecular flexibility index (Phi) is 4.89. The van der Waals surface area contributed by atoms with E-state index in [0.29, 0.717) is 6.42 Å². The molecule has 1 aromatic rings. The van der Waals surface area contributed by atoms with Crippen LogP contribution in [0, 0.1) is 0 Å². The zero-order chi connectivity index (χ0) is 18.9. The summed E-state index contributed by atoms with van der Waals surface area (Å²) in [6.07, 6.45) is 8.93. The third kappa shape index (κ3) is 3.33. The van der Waals surface area contributed by atoms with Crippen molar-refractivity contribution in [3.8, 4) is 0 Å². The molecule has 27 heavy (non-hydrogen) atoms. The topological polar surface area (TPSA) is 78.5 Å². The van der Waals surface area contributed by atoms with Gasteiger partial charge in [0.25, 0.3) is 5.91 Å². The number of benzene rings is 1. The van der Waals surface area contributed by atoms with E-state index >= 15 is 0 Å². The van der Waals surface area contributed by atoms with Crippen molar-refractivity contribution < 1.29 is 14.4 Å². The minimum atomic E-state index is -1.01. The molecule has 0 radical (unpaired) electrons. The second kappa shape index (κ2) is 7.33. The van der Waals surface area contributed by atoms with Crippen molar-refractivity contribution in [1.29, 1.82) is 0 Å². The van der Waals surface area contributed by atoms with Gasteiger partial charge in [-0.1, -0.05) is 49.9 Å². The lowest BCUT2D eigenvalue weighted by Gasteiger charge is -2.33. The molecule has 0 bridgehead atoms. The molecule has 4 amide bonds. The molecule has 0 aromatic heterocycles. The average molecular weight is 369 g/mol. The fourth-order valence-electron chi connectivity index (χ4n) is 4.80. The standard InChI is InChI=1S/C21H27N3O3/c25-18(22-16-10-3-1-2-4-11-16)14-24-19(26)21(23-20(24)27)13-7-9-15-8-5-6-12-17(15)21/h5-6,8,12,16H,1-4,7,9-11,13-14H2,(H,22,25)(H,23,27)/t21-/m1/s1. The van der Waals surface area contributed by atoms with E-state index in [1.54, 1.807) is 0 Å². The summed E-state index contributed by atoms with van der Waals surface area (Å²) >= 11 is 0. The molecule has 2 aliphatic carbocycles. The van der Waals surface area contributed by atoms with Crippen molar-refractivity contribution in [2.24, 2.45) is 0 Å². The lowest BCUT2D eigenvalue weighted by Crippen LogP contribution is -2.47. The lowest BCUT2D eigenvalue weighted by molar-refractivity contribution is -0.135. The normalized spacial score (nSPS) is 25.9. The number of hydrogen-bond donors (Lipinski definition) is 2. The van der Waals surface area contributed by atoms with Crippen LogP contribution in [-0.2, 0) is 21.5 Å². The number of urea groups is 1. The summed E-state index contributed by atoms with van der Waals surface area (Å²) < 4.78 is 0. The van der Waals surface area contributed by atoms with Crippen LogP contribution in [0.1, 0.15) is 62.5 Å². The zero-order valence-corrected chi connectivity index (χ0v) is 15.6. The number of imide groups is 1. The number of amides is 4. The van der Waals surface area contributed by atoms with Gasteiger partial charge >= 0.3 is 6.03 Å². The van der Waals surface area contributed by atoms with E-state index in [-0.39, 0.29) is 24.4 Å². The molecule has 1 atom stereocenters. The number of hydrogen-bond acceptors (Lipinski definition) is 3. The highest BCUT2D eigenvalue weighted by atomic mass is 16.2. The fourth-order valence-corrected chi connectivity index (χ4v) is 4.80. The molecule has 1 heterocycles. The van der Waals surface area contributed by atoms with Crippen LogP contribution in [0.3, 0.4) is 0 Å². The summed E-state index contributed by atoms with van der Waals surface area (Å²) in [5.74, 6) is -0.540. The van der Waals surface area contributed by atoms with Gasteiger partial charge in [-0.05, 0) is 43.2 Å². The molecule has 144 valence electrons. The summed E-state index contributed by atoms with van der Waals surface area (Å²) in [7, 11) is 0. The Balaban J connectivity index is 1.48. The van der Waals surface area contributed by atoms with E-state index in [2.05, 4.69) is 10.6 Å². The molecule has 1 saturated heterocycles. The molecule has 6 heteroatoms. The Morgan fingerprint density at radius 2 is 1.85 bits per heavy atom. The minimum Gasteiger partial charge on any atom is -0.352 e. The molecular formula is C21H27N3O3. The first-order valence-corrected chi connectivity index (χ1v) is 10.1. The van der Waals surface area contributed by atoms with Gasteiger partial charge in [0.05, 0.1) is 0 Å². The Morgan fingerprint density at radius 3 is 2.63 bits per heavy atom. The summed E-state index contributed by atoms with van der Waals surface area (Å²) in [6, 6.07) is 7.47. The summed E-state index contributed by atoms with van der Waals surface area (Å²) in [5.41, 5.74) is 0.970. The predicted molar refractivity (Wildman–Crippen MR) is 101 cm³/mol. The van der Waals surface area contributed by atoms with Gasteiger partial charge in [0.1, 0.15) is 12.1 Å². The third-order valence-corrected chi connectivity index (χ3v) is 6.17. The van der Waals surface area contributed by atoms with E-state index in [1.807, 2.05) is 24.3 Å². The van der Waals surface area contributed by atoms with Crippen LogP contribution in [0.25, 0.3) is 0 Å². The number of aryl methyl sites for hydroxylation is 1. The van der Waals surface area contributed by atoms with Crippen LogP contribution >= 0.6 is 0 Å². The first-order chi connectivity index (χ1) is 13.1. The van der Waals surface area contributed by atoms with E-state index < -0.39 is 11.6 Å². The Hall–Kier alpha value is -2.37. The first kappa shape index (κ1) is 18.0. The number of fused-ring (bicyclic) bond motifs is 2. The molecule has 6 nitrogen and oxygen atoms in total. The lowest BCUT2D eigenvalue weighted by atomic mass is 9.76. The van der Waals surface area contributed by atoms with Gasteiger partial charge in [-0.2, -0.15) is 0 Å². The average Bonchev–Trinajstić information content (AvgIpc) is 2.85. The Labute approximate surface area is 159 Å². The molecule has 1 saturated carbocycles. The van der Waals surface area contributed by atoms with E-state index in [0.717, 1.165) is 54.6 Å². The van der Waals surface area contributed by atoms with E-state index in [1.165, 1.54) is 12.8 Å². The number of carbonyl (C=O) groups excluding carboxylic acids is 3. The third-order valence-electron chi connectivity index (χ3n) is 6.17. The maximum Gasteiger partial charge on any atom is 0.325 e. The van der Waals surface area contributed by atoms with E-state index in [9.17, 15) is 14.4 Å². The molecule has 3 aliphatic rings. The molecular weight excluding hydrogens is 342 g/mol. The maximum absolute atomic E-state index is 13.2. The molecule has 1 spiro atoms. The number of nitrogens with one attached hydrogen (secondary N) is 2. The molecule has 1 aliphatic heterocycles. The summed E-state index contributed by atoms with van der Waals surface area (Å²) in [4.78, 5) is 39.4. The van der Waals surface area contributed by atoms with Crippen LogP contribution in [0.15, 0.2) is 24.3 Å². The predicted octanol–water partition coefficient (Wildman–Crippen LogP) is 2.61. The number of rotatable bonds is 3. The van der Waals surface area contributed by atoms with Gasteiger partial charge in [0.15, 0.2) is 0 Å². The van der Waals surface area contributed by atoms with Crippen molar-refractivity contribution >= 4 is 17.8 Å². The Bertz CT molecular complexity index is 755. The van der Waals surface area contributed by atoms with Crippen LogP contribution < -0.4 is 10.6 Å². The SMILES string of the molecule is O=C(CN1C(=O)N[C@@]2(CCCc3ccccc32)C1=O)NC1CCCCCC1. The van der Waals surface area contributed by atoms with Crippen molar-refractivity contribution in [3.05, 3.63) is 35.4 Å². The van der Waals surface area contributed by atoms with Crippen molar-refractivity contribution in [1.82, 2.24) is 15.5 Å². The van der Waals surface area contributed by atoms with Crippen molar-refractivity contribution in [2.75, 3.05) is 6.54 Å². The van der Waals surface area contributed by atoms with Gasteiger partial charge < -0.3 is 10.6 Å². The van der Waals surface area contributed by atoms with Crippen LogP contribution in [0.5, 0.6) is 0 Å². The monoisotopic (exact) mass is 369 g/mol. The van der Waals surface area contributed by atoms with Crippen LogP contribution in [0.2, 0.25) is 0 Å². The van der Waals surface area contributed by atoms with Crippen molar-refractivity contribution in [2.45, 2.75) is 69.4 Å². The molecule has 2 N–H and O–H groups in total. The highest BCUT2D eigenvalue weighted by molar-refractivity contribution is 6.09. The quantitative estimate of drug-likeness (QED) is 0.635. The van der Waals surface area contributed by atoms with E-state index in [4.69, 9.17) is 0 Å². The van der Waals surface area contributed by atoms with Crippen LogP contribution in [-0.4, -0.2) is 35.3 Å². The second-order valence-electron chi connectivity index (χ2n) is 7.99. The van der Waals surface area contributed by atoms with Crippen molar-refractivity contribution in [3.63, 3.8) is 0 Å². The summed E-state index contributed by atoms with van der Waals surface area (Å²) in [5, 5.41) is 5.93.